The second-order valence-corrected chi connectivity index (χ2v) is 8.31. The minimum absolute atomic E-state index is 0.0176. The Morgan fingerprint density at radius 2 is 1.94 bits per heavy atom. The summed E-state index contributed by atoms with van der Waals surface area (Å²) in [6, 6.07) is 14.7. The summed E-state index contributed by atoms with van der Waals surface area (Å²) in [6.07, 6.45) is 0.874. The van der Waals surface area contributed by atoms with Crippen LogP contribution in [0.25, 0.3) is 5.76 Å². The van der Waals surface area contributed by atoms with E-state index in [1.807, 2.05) is 13.0 Å². The summed E-state index contributed by atoms with van der Waals surface area (Å²) in [5.41, 5.74) is 1.03. The monoisotopic (exact) mass is 496 g/mol. The van der Waals surface area contributed by atoms with Gasteiger partial charge in [0.2, 0.25) is 0 Å². The van der Waals surface area contributed by atoms with Crippen LogP contribution >= 0.6 is 15.9 Å². The molecule has 1 aliphatic rings. The fraction of sp³-hybridized carbons (Fsp3) is 0.208. The summed E-state index contributed by atoms with van der Waals surface area (Å²) >= 11 is 3.44. The first-order chi connectivity index (χ1) is 15.4. The van der Waals surface area contributed by atoms with Crippen molar-refractivity contribution < 1.29 is 24.0 Å². The zero-order valence-corrected chi connectivity index (χ0v) is 19.1. The fourth-order valence-corrected chi connectivity index (χ4v) is 4.03. The van der Waals surface area contributed by atoms with E-state index in [4.69, 9.17) is 9.26 Å². The molecule has 0 aliphatic carbocycles. The minimum atomic E-state index is -0.868. The normalized spacial score (nSPS) is 17.7. The minimum Gasteiger partial charge on any atom is -0.507 e. The summed E-state index contributed by atoms with van der Waals surface area (Å²) < 4.78 is 11.5. The topological polar surface area (TPSA) is 92.9 Å². The molecule has 1 aliphatic heterocycles. The maximum atomic E-state index is 13.1. The van der Waals surface area contributed by atoms with Crippen molar-refractivity contribution in [2.75, 3.05) is 11.5 Å². The maximum Gasteiger partial charge on any atom is 0.301 e. The van der Waals surface area contributed by atoms with Gasteiger partial charge in [0, 0.05) is 16.1 Å². The van der Waals surface area contributed by atoms with Crippen molar-refractivity contribution in [1.29, 1.82) is 0 Å². The van der Waals surface area contributed by atoms with Gasteiger partial charge in [0.1, 0.15) is 17.3 Å². The van der Waals surface area contributed by atoms with Gasteiger partial charge in [-0.15, -0.1) is 0 Å². The second kappa shape index (κ2) is 9.00. The molecule has 8 heteroatoms. The molecule has 2 aromatic carbocycles. The number of aliphatic hydroxyl groups excluding tert-OH is 1. The Bertz CT molecular complexity index is 1200. The highest BCUT2D eigenvalue weighted by Gasteiger charge is 2.48. The fourth-order valence-electron chi connectivity index (χ4n) is 3.61. The van der Waals surface area contributed by atoms with E-state index in [0.29, 0.717) is 29.2 Å². The first kappa shape index (κ1) is 21.8. The van der Waals surface area contributed by atoms with Crippen molar-refractivity contribution in [2.24, 2.45) is 0 Å². The zero-order valence-electron chi connectivity index (χ0n) is 17.5. The van der Waals surface area contributed by atoms with Crippen LogP contribution in [0.4, 0.5) is 5.82 Å². The van der Waals surface area contributed by atoms with Gasteiger partial charge in [-0.2, -0.15) is 0 Å². The predicted molar refractivity (Wildman–Crippen MR) is 122 cm³/mol. The molecule has 3 aromatic rings. The van der Waals surface area contributed by atoms with Crippen LogP contribution in [0, 0.1) is 6.92 Å². The molecule has 0 saturated carbocycles. The maximum absolute atomic E-state index is 13.1. The number of nitrogens with zero attached hydrogens (tertiary/aromatic N) is 2. The zero-order chi connectivity index (χ0) is 22.8. The largest absolute Gasteiger partial charge is 0.507 e. The summed E-state index contributed by atoms with van der Waals surface area (Å²) in [5, 5.41) is 15.1. The van der Waals surface area contributed by atoms with E-state index in [9.17, 15) is 14.7 Å². The van der Waals surface area contributed by atoms with Gasteiger partial charge in [-0.05, 0) is 55.3 Å². The Labute approximate surface area is 193 Å². The van der Waals surface area contributed by atoms with E-state index < -0.39 is 17.7 Å². The van der Waals surface area contributed by atoms with E-state index in [2.05, 4.69) is 21.1 Å². The number of carbonyl (C=O) groups is 2. The first-order valence-corrected chi connectivity index (χ1v) is 10.9. The van der Waals surface area contributed by atoms with E-state index in [1.165, 1.54) is 4.90 Å². The quantitative estimate of drug-likeness (QED) is 0.287. The number of hydrogen-bond acceptors (Lipinski definition) is 6. The molecule has 1 atom stereocenters. The standard InChI is InChI=1S/C24H21BrN2O5/c1-3-11-31-18-9-7-15(8-10-18)22(28)20-21(16-5-4-6-17(25)13-16)27(24(30)23(20)29)19-12-14(2)32-26-19/h4-10,12-13,21,28H,3,11H2,1-2H3/b22-20+/t21-/m1/s1. The summed E-state index contributed by atoms with van der Waals surface area (Å²) in [5.74, 6) is -0.481. The molecule has 164 valence electrons. The molecule has 1 amide bonds. The number of aromatic nitrogens is 1. The van der Waals surface area contributed by atoms with E-state index in [-0.39, 0.29) is 17.2 Å². The highest BCUT2D eigenvalue weighted by molar-refractivity contribution is 9.10. The molecule has 0 bridgehead atoms. The molecular formula is C24H21BrN2O5. The average molecular weight is 497 g/mol. The molecule has 0 spiro atoms. The number of amides is 1. The number of aliphatic hydroxyl groups is 1. The third kappa shape index (κ3) is 4.05. The highest BCUT2D eigenvalue weighted by Crippen LogP contribution is 2.42. The van der Waals surface area contributed by atoms with E-state index >= 15 is 0 Å². The third-order valence-corrected chi connectivity index (χ3v) is 5.57. The van der Waals surface area contributed by atoms with Crippen LogP contribution in [0.15, 0.2) is 69.2 Å². The number of aryl methyl sites for hydroxylation is 1. The van der Waals surface area contributed by atoms with Crippen molar-refractivity contribution in [2.45, 2.75) is 26.3 Å². The summed E-state index contributed by atoms with van der Waals surface area (Å²) in [6.45, 7) is 4.29. The smallest absolute Gasteiger partial charge is 0.301 e. The second-order valence-electron chi connectivity index (χ2n) is 7.39. The Balaban J connectivity index is 1.84. The van der Waals surface area contributed by atoms with E-state index in [0.717, 1.165) is 10.9 Å². The van der Waals surface area contributed by atoms with Crippen LogP contribution in [0.1, 0.15) is 36.3 Å². The number of hydrogen-bond donors (Lipinski definition) is 1. The van der Waals surface area contributed by atoms with Crippen molar-refractivity contribution in [3.05, 3.63) is 81.5 Å². The van der Waals surface area contributed by atoms with Crippen LogP contribution in [0.3, 0.4) is 0 Å². The number of ether oxygens (including phenoxy) is 1. The van der Waals surface area contributed by atoms with Crippen LogP contribution in [0.5, 0.6) is 5.75 Å². The van der Waals surface area contributed by atoms with Gasteiger partial charge in [-0.1, -0.05) is 40.1 Å². The van der Waals surface area contributed by atoms with Gasteiger partial charge in [0.15, 0.2) is 5.82 Å². The van der Waals surface area contributed by atoms with Crippen LogP contribution in [-0.4, -0.2) is 28.6 Å². The molecular weight excluding hydrogens is 476 g/mol. The molecule has 0 unspecified atom stereocenters. The Hall–Kier alpha value is -3.39. The lowest BCUT2D eigenvalue weighted by Gasteiger charge is -2.23. The van der Waals surface area contributed by atoms with Gasteiger partial charge in [-0.25, -0.2) is 0 Å². The average Bonchev–Trinajstić information content (AvgIpc) is 3.33. The molecule has 2 heterocycles. The lowest BCUT2D eigenvalue weighted by Crippen LogP contribution is -2.29. The van der Waals surface area contributed by atoms with Gasteiger partial charge >= 0.3 is 5.91 Å². The number of anilines is 1. The highest BCUT2D eigenvalue weighted by atomic mass is 79.9. The molecule has 0 radical (unpaired) electrons. The van der Waals surface area contributed by atoms with Crippen LogP contribution in [-0.2, 0) is 9.59 Å². The number of ketones is 1. The lowest BCUT2D eigenvalue weighted by molar-refractivity contribution is -0.132. The van der Waals surface area contributed by atoms with Crippen LogP contribution < -0.4 is 9.64 Å². The number of benzene rings is 2. The SMILES string of the molecule is CCCOc1ccc(/C(O)=C2\C(=O)C(=O)N(c3cc(C)on3)[C@@H]2c2cccc(Br)c2)cc1. The van der Waals surface area contributed by atoms with Crippen LogP contribution in [0.2, 0.25) is 0 Å². The molecule has 1 fully saturated rings. The Morgan fingerprint density at radius 1 is 1.19 bits per heavy atom. The van der Waals surface area contributed by atoms with Crippen molar-refractivity contribution in [3.63, 3.8) is 0 Å². The van der Waals surface area contributed by atoms with Crippen molar-refractivity contribution in [1.82, 2.24) is 5.16 Å². The van der Waals surface area contributed by atoms with Crippen molar-refractivity contribution >= 4 is 39.2 Å². The molecule has 32 heavy (non-hydrogen) atoms. The van der Waals surface area contributed by atoms with E-state index in [1.54, 1.807) is 55.5 Å². The molecule has 7 nitrogen and oxygen atoms in total. The van der Waals surface area contributed by atoms with Gasteiger partial charge in [0.25, 0.3) is 5.78 Å². The number of Topliss-reactive ketones (excluding diaryl/α,β-unsaturated/α-hetero) is 1. The number of carbonyl (C=O) groups excluding carboxylic acids is 2. The third-order valence-electron chi connectivity index (χ3n) is 5.07. The molecule has 4 rings (SSSR count). The predicted octanol–water partition coefficient (Wildman–Crippen LogP) is 5.16. The lowest BCUT2D eigenvalue weighted by atomic mass is 9.95. The summed E-state index contributed by atoms with van der Waals surface area (Å²) in [7, 11) is 0. The van der Waals surface area contributed by atoms with Crippen molar-refractivity contribution in [3.8, 4) is 5.75 Å². The molecule has 1 aromatic heterocycles. The Kier molecular flexibility index (Phi) is 6.14. The first-order valence-electron chi connectivity index (χ1n) is 10.1. The number of halogens is 1. The Morgan fingerprint density at radius 3 is 2.56 bits per heavy atom. The number of rotatable bonds is 6. The van der Waals surface area contributed by atoms with Gasteiger partial charge in [-0.3, -0.25) is 14.5 Å². The molecule has 1 N–H and O–H groups in total. The van der Waals surface area contributed by atoms with Gasteiger partial charge in [0.05, 0.1) is 18.2 Å². The molecule has 1 saturated heterocycles. The summed E-state index contributed by atoms with van der Waals surface area (Å²) in [4.78, 5) is 27.4. The van der Waals surface area contributed by atoms with Gasteiger partial charge < -0.3 is 14.4 Å².